The molecule has 8 aromatic rings. The molecular weight excluding hydrogens is 886 g/mol. The van der Waals surface area contributed by atoms with Crippen molar-refractivity contribution in [1.82, 2.24) is 24.8 Å². The third-order valence-electron chi connectivity index (χ3n) is 11.4. The number of fused-ring (bicyclic) bond motifs is 4. The Bertz CT molecular complexity index is 3390. The van der Waals surface area contributed by atoms with Gasteiger partial charge in [-0.15, -0.1) is 0 Å². The highest BCUT2D eigenvalue weighted by Gasteiger charge is 2.52. The van der Waals surface area contributed by atoms with E-state index in [2.05, 4.69) is 37.1 Å². The van der Waals surface area contributed by atoms with Gasteiger partial charge in [0.05, 0.1) is 27.8 Å². The second kappa shape index (κ2) is 17.2. The Kier molecular flexibility index (Phi) is 11.2. The lowest BCUT2D eigenvalue weighted by Gasteiger charge is -2.35. The zero-order valence-electron chi connectivity index (χ0n) is 34.7. The summed E-state index contributed by atoms with van der Waals surface area (Å²) in [5, 5.41) is 34.2. The molecule has 0 bridgehead atoms. The van der Waals surface area contributed by atoms with E-state index in [0.717, 1.165) is 22.6 Å². The number of H-pyrrole nitrogens is 2. The predicted molar refractivity (Wildman–Crippen MR) is 243 cm³/mol. The summed E-state index contributed by atoms with van der Waals surface area (Å²) < 4.78 is 28.8. The Morgan fingerprint density at radius 1 is 0.761 bits per heavy atom. The number of primary amides is 1. The third kappa shape index (κ3) is 7.74. The Hall–Kier alpha value is -8.43. The first-order valence-electron chi connectivity index (χ1n) is 20.4. The molecule has 2 unspecified atom stereocenters. The van der Waals surface area contributed by atoms with Crippen molar-refractivity contribution in [3.8, 4) is 11.8 Å². The van der Waals surface area contributed by atoms with E-state index in [9.17, 15) is 38.2 Å². The topological polar surface area (TPSA) is 231 Å². The van der Waals surface area contributed by atoms with Crippen LogP contribution in [0, 0.1) is 23.5 Å². The molecule has 6 aromatic carbocycles. The second-order valence-electron chi connectivity index (χ2n) is 15.5. The number of aliphatic hydroxyl groups is 2. The Morgan fingerprint density at radius 3 is 2.13 bits per heavy atom. The van der Waals surface area contributed by atoms with Crippen LogP contribution in [0.4, 0.5) is 25.2 Å². The number of hydrogen-bond acceptors (Lipinski definition) is 8. The highest BCUT2D eigenvalue weighted by atomic mass is 35.5. The van der Waals surface area contributed by atoms with E-state index in [0.29, 0.717) is 45.5 Å². The quantitative estimate of drug-likeness (QED) is 0.0591. The van der Waals surface area contributed by atoms with Crippen molar-refractivity contribution < 1.29 is 43.3 Å². The van der Waals surface area contributed by atoms with E-state index in [4.69, 9.17) is 22.4 Å². The SMILES string of the molecule is NC(=O)CCC#Cc1nc2ccc(C3(O)c4ccccc4C(=O)N3Cc3ccccc3)cc2[nH]1.O=C(O)Nc1nc2cc(C3(O)c4ccccc4C(=O)N3c3ccc(F)c(Cl)c3F)ccc2[nH]1. The molecule has 0 spiro atoms. The normalized spacial score (nSPS) is 17.1. The number of carboxylic acid groups (broad SMARTS) is 1. The molecular formula is C49H35ClF2N8O7. The molecule has 8 N–H and O–H groups in total. The standard InChI is InChI=1S/C27H22N4O3.C22H13ClF2N4O4/c28-24(32)12-6-7-13-25-29-22-15-14-19(16-23(22)30-25)27(34)21-11-5-4-10-20(21)26(33)31(27)17-18-8-2-1-3-9-18;23-17-13(24)6-8-16(18(17)25)29-19(30)11-3-1-2-4-12(11)22(29,33)10-5-7-14-15(9-10)27-20(26-14)28-21(31)32/h1-5,8-11,14-16,34H,6,12,17H2,(H2,28,32)(H,29,30);1-9,33H,(H,31,32)(H2,26,27,28). The largest absolute Gasteiger partial charge is 0.465 e. The molecule has 0 fully saturated rings. The van der Waals surface area contributed by atoms with E-state index in [1.807, 2.05) is 36.4 Å². The number of benzene rings is 6. The van der Waals surface area contributed by atoms with Gasteiger partial charge in [0.2, 0.25) is 11.9 Å². The van der Waals surface area contributed by atoms with Crippen LogP contribution < -0.4 is 16.0 Å². The number of hydrogen-bond donors (Lipinski definition) is 7. The minimum absolute atomic E-state index is 0.0437. The fraction of sp³-hybridized carbons (Fsp3) is 0.102. The lowest BCUT2D eigenvalue weighted by Crippen LogP contribution is -2.45. The van der Waals surface area contributed by atoms with Crippen LogP contribution in [-0.2, 0) is 22.8 Å². The summed E-state index contributed by atoms with van der Waals surface area (Å²) in [6.07, 6.45) is -0.780. The highest BCUT2D eigenvalue weighted by molar-refractivity contribution is 6.31. The molecule has 18 heteroatoms. The highest BCUT2D eigenvalue weighted by Crippen LogP contribution is 2.47. The van der Waals surface area contributed by atoms with Gasteiger partial charge in [-0.3, -0.25) is 29.5 Å². The summed E-state index contributed by atoms with van der Waals surface area (Å²) in [6, 6.07) is 34.6. The maximum atomic E-state index is 15.0. The van der Waals surface area contributed by atoms with Crippen LogP contribution in [0.2, 0.25) is 5.02 Å². The summed E-state index contributed by atoms with van der Waals surface area (Å²) in [7, 11) is 0. The molecule has 2 aliphatic heterocycles. The van der Waals surface area contributed by atoms with Gasteiger partial charge in [-0.05, 0) is 60.0 Å². The van der Waals surface area contributed by atoms with E-state index in [-0.39, 0.29) is 47.0 Å². The van der Waals surface area contributed by atoms with Crippen molar-refractivity contribution in [1.29, 1.82) is 0 Å². The minimum Gasteiger partial charge on any atom is -0.465 e. The van der Waals surface area contributed by atoms with Gasteiger partial charge in [0, 0.05) is 52.8 Å². The van der Waals surface area contributed by atoms with E-state index >= 15 is 0 Å². The molecule has 2 aromatic heterocycles. The Labute approximate surface area is 383 Å². The summed E-state index contributed by atoms with van der Waals surface area (Å²) in [5.41, 5.74) is 5.90. The number of halogens is 3. The van der Waals surface area contributed by atoms with Crippen LogP contribution in [0.15, 0.2) is 127 Å². The van der Waals surface area contributed by atoms with E-state index < -0.39 is 51.7 Å². The molecule has 67 heavy (non-hydrogen) atoms. The average molecular weight is 921 g/mol. The van der Waals surface area contributed by atoms with Gasteiger partial charge >= 0.3 is 6.09 Å². The van der Waals surface area contributed by atoms with Gasteiger partial charge in [-0.25, -0.2) is 23.5 Å². The van der Waals surface area contributed by atoms with Crippen LogP contribution in [0.1, 0.15) is 67.2 Å². The van der Waals surface area contributed by atoms with Crippen molar-refractivity contribution >= 4 is 69.1 Å². The molecule has 15 nitrogen and oxygen atoms in total. The zero-order chi connectivity index (χ0) is 47.2. The average Bonchev–Trinajstić information content (AvgIpc) is 4.04. The maximum Gasteiger partial charge on any atom is 0.411 e. The van der Waals surface area contributed by atoms with Gasteiger partial charge in [-0.2, -0.15) is 0 Å². The van der Waals surface area contributed by atoms with Crippen molar-refractivity contribution in [2.75, 3.05) is 10.2 Å². The fourth-order valence-electron chi connectivity index (χ4n) is 8.29. The van der Waals surface area contributed by atoms with Crippen molar-refractivity contribution in [2.24, 2.45) is 5.73 Å². The number of nitrogens with two attached hydrogens (primary N) is 1. The van der Waals surface area contributed by atoms with E-state index in [1.54, 1.807) is 48.5 Å². The molecule has 0 aliphatic carbocycles. The van der Waals surface area contributed by atoms with Crippen LogP contribution in [0.3, 0.4) is 0 Å². The van der Waals surface area contributed by atoms with Gasteiger partial charge in [0.1, 0.15) is 10.8 Å². The summed E-state index contributed by atoms with van der Waals surface area (Å²) in [6.45, 7) is 0.252. The molecule has 4 heterocycles. The number of carbonyl (C=O) groups excluding carboxylic acids is 3. The monoisotopic (exact) mass is 920 g/mol. The van der Waals surface area contributed by atoms with Crippen LogP contribution in [0.5, 0.6) is 0 Å². The van der Waals surface area contributed by atoms with Gasteiger partial charge in [-0.1, -0.05) is 96.4 Å². The summed E-state index contributed by atoms with van der Waals surface area (Å²) >= 11 is 5.74. The number of imidazole rings is 2. The molecule has 0 radical (unpaired) electrons. The summed E-state index contributed by atoms with van der Waals surface area (Å²) in [5.74, 6) is 2.62. The number of nitrogens with one attached hydrogen (secondary N) is 3. The molecule has 4 amide bonds. The predicted octanol–water partition coefficient (Wildman–Crippen LogP) is 7.47. The number of aromatic nitrogens is 4. The third-order valence-corrected chi connectivity index (χ3v) is 11.7. The maximum absolute atomic E-state index is 15.0. The number of aromatic amines is 2. The zero-order valence-corrected chi connectivity index (χ0v) is 35.5. The Balaban J connectivity index is 0.000000168. The minimum atomic E-state index is -2.19. The number of anilines is 2. The van der Waals surface area contributed by atoms with Crippen LogP contribution >= 0.6 is 11.6 Å². The van der Waals surface area contributed by atoms with Gasteiger partial charge in [0.25, 0.3) is 11.8 Å². The van der Waals surface area contributed by atoms with Crippen molar-refractivity contribution in [3.63, 3.8) is 0 Å². The lowest BCUT2D eigenvalue weighted by molar-refractivity contribution is -0.117. The first-order chi connectivity index (χ1) is 32.2. The summed E-state index contributed by atoms with van der Waals surface area (Å²) in [4.78, 5) is 65.2. The van der Waals surface area contributed by atoms with Gasteiger partial charge < -0.3 is 31.0 Å². The van der Waals surface area contributed by atoms with Crippen molar-refractivity contribution in [3.05, 3.63) is 189 Å². The van der Waals surface area contributed by atoms with Gasteiger partial charge in [0.15, 0.2) is 23.1 Å². The Morgan fingerprint density at radius 2 is 1.42 bits per heavy atom. The number of rotatable bonds is 8. The van der Waals surface area contributed by atoms with Crippen LogP contribution in [0.25, 0.3) is 22.1 Å². The molecule has 0 saturated heterocycles. The molecule has 10 rings (SSSR count). The first-order valence-corrected chi connectivity index (χ1v) is 20.8. The number of carbonyl (C=O) groups is 4. The second-order valence-corrected chi connectivity index (χ2v) is 15.9. The molecule has 0 saturated carbocycles. The molecule has 2 aliphatic rings. The molecule has 2 atom stereocenters. The van der Waals surface area contributed by atoms with Crippen LogP contribution in [-0.4, -0.2) is 64.0 Å². The lowest BCUT2D eigenvalue weighted by atomic mass is 9.93. The molecule has 334 valence electrons. The van der Waals surface area contributed by atoms with Crippen molar-refractivity contribution in [2.45, 2.75) is 30.8 Å². The number of nitrogens with zero attached hydrogens (tertiary/aromatic N) is 4. The first kappa shape index (κ1) is 43.8. The number of amides is 4. The van der Waals surface area contributed by atoms with E-state index in [1.165, 1.54) is 35.2 Å². The smallest absolute Gasteiger partial charge is 0.411 e. The fourth-order valence-corrected chi connectivity index (χ4v) is 8.45.